The monoisotopic (exact) mass is 233 g/mol. The van der Waals surface area contributed by atoms with Gasteiger partial charge in [0.1, 0.15) is 0 Å². The van der Waals surface area contributed by atoms with Crippen molar-refractivity contribution in [1.29, 1.82) is 0 Å². The van der Waals surface area contributed by atoms with Gasteiger partial charge in [-0.3, -0.25) is 14.9 Å². The van der Waals surface area contributed by atoms with E-state index in [2.05, 4.69) is 5.32 Å². The van der Waals surface area contributed by atoms with Gasteiger partial charge in [0.05, 0.1) is 6.42 Å². The highest BCUT2D eigenvalue weighted by Crippen LogP contribution is 2.50. The summed E-state index contributed by atoms with van der Waals surface area (Å²) in [6, 6.07) is 0. The molecule has 0 unspecified atom stereocenters. The van der Waals surface area contributed by atoms with E-state index in [4.69, 9.17) is 0 Å². The van der Waals surface area contributed by atoms with Crippen molar-refractivity contribution in [3.63, 3.8) is 0 Å². The molecule has 1 spiro atoms. The van der Waals surface area contributed by atoms with Gasteiger partial charge in [-0.05, 0) is 43.9 Å². The Balaban J connectivity index is 1.74. The van der Waals surface area contributed by atoms with E-state index in [1.54, 1.807) is 0 Å². The van der Waals surface area contributed by atoms with Crippen molar-refractivity contribution in [2.24, 2.45) is 5.41 Å². The average molecular weight is 233 g/mol. The summed E-state index contributed by atoms with van der Waals surface area (Å²) in [4.78, 5) is 22.8. The number of nitrogens with one attached hydrogen (secondary N) is 1. The third kappa shape index (κ3) is 1.92. The molecule has 3 fully saturated rings. The smallest absolute Gasteiger partial charge is 0.254 e. The first-order chi connectivity index (χ1) is 8.19. The Morgan fingerprint density at radius 1 is 0.941 bits per heavy atom. The summed E-state index contributed by atoms with van der Waals surface area (Å²) >= 11 is 0. The number of amides is 2. The van der Waals surface area contributed by atoms with E-state index in [0.717, 1.165) is 18.4 Å². The van der Waals surface area contributed by atoms with Gasteiger partial charge in [-0.15, -0.1) is 0 Å². The molecule has 1 N–H and O–H groups in total. The minimum atomic E-state index is -0.132. The average Bonchev–Trinajstić information content (AvgIpc) is 2.88. The molecule has 2 aliphatic carbocycles. The van der Waals surface area contributed by atoms with Crippen LogP contribution in [-0.2, 0) is 9.59 Å². The van der Waals surface area contributed by atoms with Crippen LogP contribution in [-0.4, -0.2) is 11.8 Å². The van der Waals surface area contributed by atoms with Crippen LogP contribution < -0.4 is 5.32 Å². The Hall–Kier alpha value is -1.12. The number of hydrogen-bond donors (Lipinski definition) is 1. The van der Waals surface area contributed by atoms with Crippen LogP contribution in [0.15, 0.2) is 11.1 Å². The summed E-state index contributed by atoms with van der Waals surface area (Å²) in [6.45, 7) is 0. The van der Waals surface area contributed by atoms with Crippen LogP contribution in [0.3, 0.4) is 0 Å². The maximum absolute atomic E-state index is 11.6. The van der Waals surface area contributed by atoms with Gasteiger partial charge in [0.2, 0.25) is 5.91 Å². The molecule has 3 aliphatic rings. The molecule has 2 amide bonds. The molecular weight excluding hydrogens is 214 g/mol. The molecule has 3 rings (SSSR count). The Morgan fingerprint density at radius 2 is 1.59 bits per heavy atom. The minimum absolute atomic E-state index is 0.126. The van der Waals surface area contributed by atoms with Gasteiger partial charge in [-0.2, -0.15) is 0 Å². The number of hydrogen-bond acceptors (Lipinski definition) is 2. The second-order valence-corrected chi connectivity index (χ2v) is 5.84. The van der Waals surface area contributed by atoms with Crippen LogP contribution in [0.4, 0.5) is 0 Å². The van der Waals surface area contributed by atoms with Crippen LogP contribution in [0.1, 0.15) is 57.8 Å². The summed E-state index contributed by atoms with van der Waals surface area (Å²) in [6.07, 6.45) is 10.4. The summed E-state index contributed by atoms with van der Waals surface area (Å²) in [7, 11) is 0. The Bertz CT molecular complexity index is 390. The van der Waals surface area contributed by atoms with Gasteiger partial charge >= 0.3 is 0 Å². The molecule has 0 aromatic rings. The lowest BCUT2D eigenvalue weighted by molar-refractivity contribution is -0.124. The lowest BCUT2D eigenvalue weighted by Crippen LogP contribution is -2.23. The lowest BCUT2D eigenvalue weighted by Gasteiger charge is -2.35. The maximum atomic E-state index is 11.6. The van der Waals surface area contributed by atoms with Crippen LogP contribution in [0.25, 0.3) is 0 Å². The first-order valence-corrected chi connectivity index (χ1v) is 6.74. The second-order valence-electron chi connectivity index (χ2n) is 5.84. The van der Waals surface area contributed by atoms with Gasteiger partial charge in [-0.25, -0.2) is 0 Å². The summed E-state index contributed by atoms with van der Waals surface area (Å²) in [5, 5.41) is 2.39. The van der Waals surface area contributed by atoms with Crippen LogP contribution in [0.2, 0.25) is 0 Å². The molecule has 1 aliphatic heterocycles. The van der Waals surface area contributed by atoms with Crippen molar-refractivity contribution < 1.29 is 9.59 Å². The zero-order valence-corrected chi connectivity index (χ0v) is 10.2. The molecule has 0 aromatic heterocycles. The molecule has 3 nitrogen and oxygen atoms in total. The highest BCUT2D eigenvalue weighted by molar-refractivity contribution is 6.13. The van der Waals surface area contributed by atoms with E-state index in [9.17, 15) is 9.59 Å². The Labute approximate surface area is 102 Å². The van der Waals surface area contributed by atoms with E-state index in [1.165, 1.54) is 44.1 Å². The molecule has 2 saturated carbocycles. The van der Waals surface area contributed by atoms with Crippen molar-refractivity contribution >= 4 is 11.8 Å². The predicted octanol–water partition coefficient (Wildman–Crippen LogP) is 2.46. The summed E-state index contributed by atoms with van der Waals surface area (Å²) in [5.74, 6) is -0.258. The largest absolute Gasteiger partial charge is 0.292 e. The molecule has 1 saturated heterocycles. The van der Waals surface area contributed by atoms with Crippen molar-refractivity contribution in [1.82, 2.24) is 5.32 Å². The molecule has 0 bridgehead atoms. The van der Waals surface area contributed by atoms with E-state index in [0.29, 0.717) is 11.8 Å². The molecule has 0 atom stereocenters. The molecule has 3 heteroatoms. The van der Waals surface area contributed by atoms with Crippen LogP contribution >= 0.6 is 0 Å². The quantitative estimate of drug-likeness (QED) is 0.516. The highest BCUT2D eigenvalue weighted by atomic mass is 16.2. The SMILES string of the molecule is O=C1CC(=C2CCC3(CCCC3)CC2)C(=O)N1. The lowest BCUT2D eigenvalue weighted by atomic mass is 9.70. The number of rotatable bonds is 0. The number of carbonyl (C=O) groups excluding carboxylic acids is 2. The minimum Gasteiger partial charge on any atom is -0.292 e. The highest BCUT2D eigenvalue weighted by Gasteiger charge is 2.38. The molecule has 0 aromatic carbocycles. The zero-order valence-electron chi connectivity index (χ0n) is 10.2. The topological polar surface area (TPSA) is 46.2 Å². The number of carbonyl (C=O) groups is 2. The number of allylic oxidation sites excluding steroid dienone is 1. The van der Waals surface area contributed by atoms with E-state index in [1.807, 2.05) is 0 Å². The predicted molar refractivity (Wildman–Crippen MR) is 64.2 cm³/mol. The van der Waals surface area contributed by atoms with Crippen molar-refractivity contribution in [2.45, 2.75) is 57.8 Å². The molecule has 0 radical (unpaired) electrons. The Morgan fingerprint density at radius 3 is 2.12 bits per heavy atom. The fraction of sp³-hybridized carbons (Fsp3) is 0.714. The van der Waals surface area contributed by atoms with Gasteiger partial charge in [0.15, 0.2) is 0 Å². The third-order valence-corrected chi connectivity index (χ3v) is 4.87. The normalized spacial score (nSPS) is 28.0. The van der Waals surface area contributed by atoms with E-state index in [-0.39, 0.29) is 11.8 Å². The fourth-order valence-corrected chi connectivity index (χ4v) is 3.78. The first kappa shape index (κ1) is 11.0. The molecule has 17 heavy (non-hydrogen) atoms. The van der Waals surface area contributed by atoms with Gasteiger partial charge in [-0.1, -0.05) is 18.4 Å². The summed E-state index contributed by atoms with van der Waals surface area (Å²) < 4.78 is 0. The van der Waals surface area contributed by atoms with Gasteiger partial charge in [0, 0.05) is 5.57 Å². The summed E-state index contributed by atoms with van der Waals surface area (Å²) in [5.41, 5.74) is 2.62. The fourth-order valence-electron chi connectivity index (χ4n) is 3.78. The van der Waals surface area contributed by atoms with Crippen LogP contribution in [0.5, 0.6) is 0 Å². The van der Waals surface area contributed by atoms with Crippen molar-refractivity contribution in [2.75, 3.05) is 0 Å². The zero-order chi connectivity index (χ0) is 11.9. The number of imide groups is 1. The Kier molecular flexibility index (Phi) is 2.57. The van der Waals surface area contributed by atoms with Crippen molar-refractivity contribution in [3.8, 4) is 0 Å². The van der Waals surface area contributed by atoms with Crippen molar-refractivity contribution in [3.05, 3.63) is 11.1 Å². The van der Waals surface area contributed by atoms with E-state index < -0.39 is 0 Å². The molecular formula is C14H19NO2. The third-order valence-electron chi connectivity index (χ3n) is 4.87. The maximum Gasteiger partial charge on any atom is 0.254 e. The van der Waals surface area contributed by atoms with Crippen LogP contribution in [0, 0.1) is 5.41 Å². The molecule has 92 valence electrons. The van der Waals surface area contributed by atoms with Gasteiger partial charge in [0.25, 0.3) is 5.91 Å². The standard InChI is InChI=1S/C14H19NO2/c16-12-9-11(13(17)15-12)10-3-7-14(8-4-10)5-1-2-6-14/h1-9H2,(H,15,16,17). The van der Waals surface area contributed by atoms with Gasteiger partial charge < -0.3 is 0 Å². The molecule has 1 heterocycles. The first-order valence-electron chi connectivity index (χ1n) is 6.74. The second kappa shape index (κ2) is 3.97. The van der Waals surface area contributed by atoms with E-state index >= 15 is 0 Å².